The lowest BCUT2D eigenvalue weighted by Gasteiger charge is -2.45. The maximum Gasteiger partial charge on any atom is 0.302 e. The Morgan fingerprint density at radius 1 is 0.714 bits per heavy atom. The molecule has 1 saturated heterocycles. The number of hydrogen-bond donors (Lipinski definition) is 0. The molecule has 1 aliphatic rings. The van der Waals surface area contributed by atoms with Crippen LogP contribution in [-0.4, -0.2) is 56.6 Å². The molecule has 4 rings (SSSR count). The Kier molecular flexibility index (Phi) is 11.7. The van der Waals surface area contributed by atoms with Crippen molar-refractivity contribution in [1.29, 1.82) is 0 Å². The second-order valence-electron chi connectivity index (χ2n) is 10.9. The van der Waals surface area contributed by atoms with Crippen molar-refractivity contribution < 1.29 is 36.9 Å². The molecule has 3 aromatic rings. The van der Waals surface area contributed by atoms with Crippen molar-refractivity contribution in [2.45, 2.75) is 70.4 Å². The van der Waals surface area contributed by atoms with Gasteiger partial charge in [-0.15, -0.1) is 0 Å². The molecule has 9 heteroatoms. The van der Waals surface area contributed by atoms with E-state index >= 15 is 0 Å². The van der Waals surface area contributed by atoms with E-state index < -0.39 is 45.7 Å². The summed E-state index contributed by atoms with van der Waals surface area (Å²) in [5, 5.41) is 0. The van der Waals surface area contributed by atoms with E-state index in [1.54, 1.807) is 0 Å². The van der Waals surface area contributed by atoms with Crippen LogP contribution in [0.25, 0.3) is 0 Å². The summed E-state index contributed by atoms with van der Waals surface area (Å²) in [6.07, 6.45) is -3.60. The molecule has 42 heavy (non-hydrogen) atoms. The molecule has 0 aliphatic carbocycles. The van der Waals surface area contributed by atoms with Gasteiger partial charge < -0.3 is 23.7 Å². The number of rotatable bonds is 14. The fraction of sp³-hybridized carbons (Fsp3) is 0.424. The molecule has 0 N–H and O–H groups in total. The van der Waals surface area contributed by atoms with Crippen LogP contribution < -0.4 is 0 Å². The standard InChI is InChI=1S/C33H40O8S/c1-24(2)23-42(35,36)33-32(40-21-28-17-11-6-12-18-28)31(39-20-27-15-9-5-10-16-27)30(29(41-33)22-37-25(3)34)38-19-26-13-7-4-8-14-26/h4-18,24,29-33H,19-23H2,1-3H3/t29-,30-,31+,32-,33?/m1/s1. The third-order valence-electron chi connectivity index (χ3n) is 6.82. The first-order chi connectivity index (χ1) is 20.2. The van der Waals surface area contributed by atoms with Gasteiger partial charge >= 0.3 is 5.97 Å². The molecule has 0 amide bonds. The number of sulfone groups is 1. The maximum absolute atomic E-state index is 13.8. The zero-order valence-electron chi connectivity index (χ0n) is 24.3. The molecule has 1 aliphatic heterocycles. The van der Waals surface area contributed by atoms with Crippen LogP contribution in [0.4, 0.5) is 0 Å². The molecule has 5 atom stereocenters. The highest BCUT2D eigenvalue weighted by molar-refractivity contribution is 7.91. The Morgan fingerprint density at radius 3 is 1.57 bits per heavy atom. The summed E-state index contributed by atoms with van der Waals surface area (Å²) in [5.41, 5.74) is 1.34. The second-order valence-corrected chi connectivity index (χ2v) is 13.0. The van der Waals surface area contributed by atoms with E-state index in [1.807, 2.05) is 105 Å². The van der Waals surface area contributed by atoms with Crippen LogP contribution >= 0.6 is 0 Å². The minimum absolute atomic E-state index is 0.107. The quantitative estimate of drug-likeness (QED) is 0.237. The summed E-state index contributed by atoms with van der Waals surface area (Å²) in [4.78, 5) is 11.8. The first-order valence-electron chi connectivity index (χ1n) is 14.2. The molecule has 3 aromatic carbocycles. The highest BCUT2D eigenvalue weighted by Gasteiger charge is 2.53. The van der Waals surface area contributed by atoms with Crippen LogP contribution in [0, 0.1) is 5.92 Å². The molecule has 1 heterocycles. The number of carbonyl (C=O) groups is 1. The van der Waals surface area contributed by atoms with E-state index in [-0.39, 0.29) is 38.1 Å². The van der Waals surface area contributed by atoms with Gasteiger partial charge in [0.25, 0.3) is 0 Å². The Morgan fingerprint density at radius 2 is 1.14 bits per heavy atom. The molecule has 226 valence electrons. The van der Waals surface area contributed by atoms with Crippen LogP contribution in [0.3, 0.4) is 0 Å². The molecule has 8 nitrogen and oxygen atoms in total. The van der Waals surface area contributed by atoms with Crippen molar-refractivity contribution in [3.63, 3.8) is 0 Å². The fourth-order valence-electron chi connectivity index (χ4n) is 4.93. The highest BCUT2D eigenvalue weighted by atomic mass is 32.2. The lowest BCUT2D eigenvalue weighted by molar-refractivity contribution is -0.254. The summed E-state index contributed by atoms with van der Waals surface area (Å²) < 4.78 is 58.6. The maximum atomic E-state index is 13.8. The molecule has 0 saturated carbocycles. The van der Waals surface area contributed by atoms with Gasteiger partial charge in [0.2, 0.25) is 0 Å². The topological polar surface area (TPSA) is 97.4 Å². The summed E-state index contributed by atoms with van der Waals surface area (Å²) in [5.74, 6) is -0.758. The number of esters is 1. The van der Waals surface area contributed by atoms with Crippen molar-refractivity contribution in [2.75, 3.05) is 12.4 Å². The predicted octanol–water partition coefficient (Wildman–Crippen LogP) is 5.10. The molecule has 0 aromatic heterocycles. The summed E-state index contributed by atoms with van der Waals surface area (Å²) in [7, 11) is -3.84. The molecule has 0 bridgehead atoms. The van der Waals surface area contributed by atoms with Crippen LogP contribution in [0.5, 0.6) is 0 Å². The van der Waals surface area contributed by atoms with E-state index in [4.69, 9.17) is 23.7 Å². The van der Waals surface area contributed by atoms with Gasteiger partial charge in [0.1, 0.15) is 31.0 Å². The molecule has 0 radical (unpaired) electrons. The van der Waals surface area contributed by atoms with Crippen molar-refractivity contribution >= 4 is 15.8 Å². The normalized spacial score (nSPS) is 22.6. The van der Waals surface area contributed by atoms with Crippen LogP contribution in [0.15, 0.2) is 91.0 Å². The summed E-state index contributed by atoms with van der Waals surface area (Å²) in [6.45, 7) is 5.33. The lowest BCUT2D eigenvalue weighted by Crippen LogP contribution is -2.63. The predicted molar refractivity (Wildman–Crippen MR) is 159 cm³/mol. The van der Waals surface area contributed by atoms with Gasteiger partial charge in [-0.2, -0.15) is 0 Å². The number of ether oxygens (including phenoxy) is 5. The van der Waals surface area contributed by atoms with Crippen molar-refractivity contribution in [3.8, 4) is 0 Å². The third kappa shape index (κ3) is 9.21. The van der Waals surface area contributed by atoms with Gasteiger partial charge in [-0.1, -0.05) is 105 Å². The first kappa shape index (κ1) is 31.8. The molecule has 1 fully saturated rings. The van der Waals surface area contributed by atoms with Crippen molar-refractivity contribution in [2.24, 2.45) is 5.92 Å². The highest BCUT2D eigenvalue weighted by Crippen LogP contribution is 2.34. The first-order valence-corrected chi connectivity index (χ1v) is 15.9. The molecule has 0 spiro atoms. The number of carbonyl (C=O) groups excluding carboxylic acids is 1. The van der Waals surface area contributed by atoms with Gasteiger partial charge in [0.05, 0.1) is 25.6 Å². The van der Waals surface area contributed by atoms with E-state index in [2.05, 4.69) is 0 Å². The van der Waals surface area contributed by atoms with E-state index in [9.17, 15) is 13.2 Å². The van der Waals surface area contributed by atoms with E-state index in [0.29, 0.717) is 0 Å². The van der Waals surface area contributed by atoms with Crippen LogP contribution in [0.1, 0.15) is 37.5 Å². The van der Waals surface area contributed by atoms with Gasteiger partial charge in [0, 0.05) is 6.92 Å². The zero-order chi connectivity index (χ0) is 30.0. The van der Waals surface area contributed by atoms with E-state index in [0.717, 1.165) is 16.7 Å². The zero-order valence-corrected chi connectivity index (χ0v) is 25.2. The molecule has 1 unspecified atom stereocenters. The van der Waals surface area contributed by atoms with Gasteiger partial charge in [-0.05, 0) is 22.6 Å². The van der Waals surface area contributed by atoms with Gasteiger partial charge in [-0.25, -0.2) is 8.42 Å². The molecular formula is C33H40O8S. The average Bonchev–Trinajstić information content (AvgIpc) is 2.98. The van der Waals surface area contributed by atoms with Crippen LogP contribution in [0.2, 0.25) is 0 Å². The van der Waals surface area contributed by atoms with E-state index in [1.165, 1.54) is 6.92 Å². The average molecular weight is 597 g/mol. The second kappa shape index (κ2) is 15.4. The minimum Gasteiger partial charge on any atom is -0.463 e. The number of hydrogen-bond acceptors (Lipinski definition) is 8. The lowest BCUT2D eigenvalue weighted by atomic mass is 9.99. The third-order valence-corrected chi connectivity index (χ3v) is 9.04. The van der Waals surface area contributed by atoms with Crippen LogP contribution in [-0.2, 0) is 58.1 Å². The Hall–Kier alpha value is -3.08. The Bertz CT molecular complexity index is 1330. The molecular weight excluding hydrogens is 556 g/mol. The summed E-state index contributed by atoms with van der Waals surface area (Å²) in [6, 6.07) is 28.7. The monoisotopic (exact) mass is 596 g/mol. The Balaban J connectivity index is 1.72. The number of benzene rings is 3. The van der Waals surface area contributed by atoms with Crippen molar-refractivity contribution in [1.82, 2.24) is 0 Å². The fourth-order valence-corrected chi connectivity index (χ4v) is 7.00. The largest absolute Gasteiger partial charge is 0.463 e. The summed E-state index contributed by atoms with van der Waals surface area (Å²) >= 11 is 0. The minimum atomic E-state index is -3.84. The van der Waals surface area contributed by atoms with Gasteiger partial charge in [-0.3, -0.25) is 4.79 Å². The SMILES string of the molecule is CC(=O)OC[C@H]1OC(S(=O)(=O)CC(C)C)[C@H](OCc2ccccc2)[C@@H](OCc2ccccc2)[C@@H]1OCc1ccccc1. The van der Waals surface area contributed by atoms with Crippen molar-refractivity contribution in [3.05, 3.63) is 108 Å². The Labute approximate surface area is 248 Å². The van der Waals surface area contributed by atoms with Gasteiger partial charge in [0.15, 0.2) is 15.3 Å². The smallest absolute Gasteiger partial charge is 0.302 e.